The summed E-state index contributed by atoms with van der Waals surface area (Å²) in [6, 6.07) is 14.0. The second-order valence-electron chi connectivity index (χ2n) is 5.08. The number of halogens is 1. The smallest absolute Gasteiger partial charge is 0.257 e. The highest BCUT2D eigenvalue weighted by Gasteiger charge is 2.09. The van der Waals surface area contributed by atoms with Gasteiger partial charge in [-0.15, -0.1) is 0 Å². The quantitative estimate of drug-likeness (QED) is 0.811. The zero-order valence-corrected chi connectivity index (χ0v) is 14.4. The SMILES string of the molecule is CC(C)Oc1ccc(C(=O)NC(=S)Nc2ccccc2Cl)cc1. The van der Waals surface area contributed by atoms with Gasteiger partial charge >= 0.3 is 0 Å². The normalized spacial score (nSPS) is 10.3. The van der Waals surface area contributed by atoms with Gasteiger partial charge in [-0.2, -0.15) is 0 Å². The van der Waals surface area contributed by atoms with E-state index in [1.54, 1.807) is 36.4 Å². The minimum Gasteiger partial charge on any atom is -0.491 e. The topological polar surface area (TPSA) is 50.4 Å². The fourth-order valence-electron chi connectivity index (χ4n) is 1.85. The van der Waals surface area contributed by atoms with Crippen LogP contribution in [0.2, 0.25) is 5.02 Å². The van der Waals surface area contributed by atoms with Crippen molar-refractivity contribution < 1.29 is 9.53 Å². The van der Waals surface area contributed by atoms with E-state index < -0.39 is 0 Å². The number of anilines is 1. The maximum atomic E-state index is 12.2. The zero-order valence-electron chi connectivity index (χ0n) is 12.8. The van der Waals surface area contributed by atoms with Gasteiger partial charge in [0, 0.05) is 5.56 Å². The molecule has 2 N–H and O–H groups in total. The lowest BCUT2D eigenvalue weighted by atomic mass is 10.2. The van der Waals surface area contributed by atoms with Crippen molar-refractivity contribution in [1.82, 2.24) is 5.32 Å². The summed E-state index contributed by atoms with van der Waals surface area (Å²) in [5.41, 5.74) is 1.13. The third-order valence-electron chi connectivity index (χ3n) is 2.84. The van der Waals surface area contributed by atoms with Crippen LogP contribution in [-0.2, 0) is 0 Å². The van der Waals surface area contributed by atoms with Gasteiger partial charge < -0.3 is 10.1 Å². The average molecular weight is 349 g/mol. The Morgan fingerprint density at radius 2 is 1.78 bits per heavy atom. The highest BCUT2D eigenvalue weighted by molar-refractivity contribution is 7.80. The van der Waals surface area contributed by atoms with Crippen molar-refractivity contribution in [2.24, 2.45) is 0 Å². The average Bonchev–Trinajstić information content (AvgIpc) is 2.49. The van der Waals surface area contributed by atoms with Crippen molar-refractivity contribution in [1.29, 1.82) is 0 Å². The molecule has 0 radical (unpaired) electrons. The second-order valence-corrected chi connectivity index (χ2v) is 5.89. The van der Waals surface area contributed by atoms with Crippen LogP contribution in [0, 0.1) is 0 Å². The van der Waals surface area contributed by atoms with Crippen molar-refractivity contribution >= 4 is 40.5 Å². The molecule has 0 aliphatic carbocycles. The first-order chi connectivity index (χ1) is 11.0. The first-order valence-corrected chi connectivity index (χ1v) is 7.88. The van der Waals surface area contributed by atoms with Crippen LogP contribution in [0.5, 0.6) is 5.75 Å². The van der Waals surface area contributed by atoms with Crippen molar-refractivity contribution in [3.05, 3.63) is 59.1 Å². The van der Waals surface area contributed by atoms with E-state index in [9.17, 15) is 4.79 Å². The molecule has 2 aromatic carbocycles. The molecule has 0 saturated heterocycles. The van der Waals surface area contributed by atoms with Crippen LogP contribution >= 0.6 is 23.8 Å². The van der Waals surface area contributed by atoms with E-state index in [1.165, 1.54) is 0 Å². The summed E-state index contributed by atoms with van der Waals surface area (Å²) in [4.78, 5) is 12.2. The first-order valence-electron chi connectivity index (χ1n) is 7.09. The predicted octanol–water partition coefficient (Wildman–Crippen LogP) is 4.25. The highest BCUT2D eigenvalue weighted by Crippen LogP contribution is 2.20. The number of hydrogen-bond acceptors (Lipinski definition) is 3. The van der Waals surface area contributed by atoms with Crippen LogP contribution in [0.1, 0.15) is 24.2 Å². The molecule has 0 saturated carbocycles. The molecular weight excluding hydrogens is 332 g/mol. The van der Waals surface area contributed by atoms with Gasteiger partial charge in [0.25, 0.3) is 5.91 Å². The number of para-hydroxylation sites is 1. The number of amides is 1. The summed E-state index contributed by atoms with van der Waals surface area (Å²) in [5.74, 6) is 0.416. The molecule has 0 atom stereocenters. The van der Waals surface area contributed by atoms with Crippen molar-refractivity contribution in [3.63, 3.8) is 0 Å². The molecule has 0 fully saturated rings. The fraction of sp³-hybridized carbons (Fsp3) is 0.176. The molecular formula is C17H17ClN2O2S. The van der Waals surface area contributed by atoms with E-state index in [1.807, 2.05) is 26.0 Å². The molecule has 2 rings (SSSR count). The van der Waals surface area contributed by atoms with Crippen molar-refractivity contribution in [2.45, 2.75) is 20.0 Å². The van der Waals surface area contributed by atoms with E-state index >= 15 is 0 Å². The van der Waals surface area contributed by atoms with Crippen LogP contribution in [0.15, 0.2) is 48.5 Å². The third kappa shape index (κ3) is 5.23. The molecule has 0 aliphatic heterocycles. The Balaban J connectivity index is 1.96. The summed E-state index contributed by atoms with van der Waals surface area (Å²) < 4.78 is 5.54. The molecule has 2 aromatic rings. The Labute approximate surface area is 145 Å². The maximum absolute atomic E-state index is 12.2. The van der Waals surface area contributed by atoms with Gasteiger partial charge in [-0.05, 0) is 62.5 Å². The zero-order chi connectivity index (χ0) is 16.8. The lowest BCUT2D eigenvalue weighted by molar-refractivity contribution is 0.0977. The van der Waals surface area contributed by atoms with Crippen molar-refractivity contribution in [2.75, 3.05) is 5.32 Å². The largest absolute Gasteiger partial charge is 0.491 e. The number of carbonyl (C=O) groups is 1. The highest BCUT2D eigenvalue weighted by atomic mass is 35.5. The van der Waals surface area contributed by atoms with E-state index in [2.05, 4.69) is 10.6 Å². The molecule has 0 unspecified atom stereocenters. The number of thiocarbonyl (C=S) groups is 1. The van der Waals surface area contributed by atoms with Crippen LogP contribution in [0.3, 0.4) is 0 Å². The van der Waals surface area contributed by atoms with E-state index in [0.717, 1.165) is 0 Å². The Morgan fingerprint density at radius 1 is 1.13 bits per heavy atom. The van der Waals surface area contributed by atoms with Crippen LogP contribution in [-0.4, -0.2) is 17.1 Å². The molecule has 0 spiro atoms. The minimum atomic E-state index is -0.300. The standard InChI is InChI=1S/C17H17ClN2O2S/c1-11(2)22-13-9-7-12(8-10-13)16(21)20-17(23)19-15-6-4-3-5-14(15)18/h3-11H,1-2H3,(H2,19,20,21,23). The Bertz CT molecular complexity index is 702. The molecule has 0 aromatic heterocycles. The molecule has 1 amide bonds. The first kappa shape index (κ1) is 17.2. The van der Waals surface area contributed by atoms with Crippen LogP contribution in [0.25, 0.3) is 0 Å². The lowest BCUT2D eigenvalue weighted by Gasteiger charge is -2.12. The summed E-state index contributed by atoms with van der Waals surface area (Å²) in [5, 5.41) is 6.22. The molecule has 23 heavy (non-hydrogen) atoms. The molecule has 4 nitrogen and oxygen atoms in total. The van der Waals surface area contributed by atoms with Gasteiger partial charge in [0.2, 0.25) is 0 Å². The minimum absolute atomic E-state index is 0.0853. The molecule has 0 heterocycles. The van der Waals surface area contributed by atoms with Crippen LogP contribution < -0.4 is 15.4 Å². The van der Waals surface area contributed by atoms with E-state index in [-0.39, 0.29) is 17.1 Å². The van der Waals surface area contributed by atoms with Gasteiger partial charge in [-0.25, -0.2) is 0 Å². The molecule has 0 aliphatic rings. The lowest BCUT2D eigenvalue weighted by Crippen LogP contribution is -2.34. The summed E-state index contributed by atoms with van der Waals surface area (Å²) in [7, 11) is 0. The van der Waals surface area contributed by atoms with E-state index in [0.29, 0.717) is 22.0 Å². The van der Waals surface area contributed by atoms with E-state index in [4.69, 9.17) is 28.6 Å². The summed E-state index contributed by atoms with van der Waals surface area (Å²) >= 11 is 11.2. The van der Waals surface area contributed by atoms with Crippen molar-refractivity contribution in [3.8, 4) is 5.75 Å². The number of hydrogen-bond donors (Lipinski definition) is 2. The fourth-order valence-corrected chi connectivity index (χ4v) is 2.23. The van der Waals surface area contributed by atoms with Gasteiger partial charge in [0.1, 0.15) is 5.75 Å². The monoisotopic (exact) mass is 348 g/mol. The Hall–Kier alpha value is -2.11. The summed E-state index contributed by atoms with van der Waals surface area (Å²) in [6.07, 6.45) is 0.0853. The Kier molecular flexibility index (Phi) is 5.96. The third-order valence-corrected chi connectivity index (χ3v) is 3.37. The molecule has 0 bridgehead atoms. The van der Waals surface area contributed by atoms with Gasteiger partial charge in [0.15, 0.2) is 5.11 Å². The number of ether oxygens (including phenoxy) is 1. The summed E-state index contributed by atoms with van der Waals surface area (Å²) in [6.45, 7) is 3.89. The van der Waals surface area contributed by atoms with Gasteiger partial charge in [0.05, 0.1) is 16.8 Å². The number of benzene rings is 2. The maximum Gasteiger partial charge on any atom is 0.257 e. The predicted molar refractivity (Wildman–Crippen MR) is 97.3 cm³/mol. The second kappa shape index (κ2) is 7.94. The van der Waals surface area contributed by atoms with Crippen LogP contribution in [0.4, 0.5) is 5.69 Å². The Morgan fingerprint density at radius 3 is 2.39 bits per heavy atom. The number of rotatable bonds is 4. The number of carbonyl (C=O) groups excluding carboxylic acids is 1. The van der Waals surface area contributed by atoms with Gasteiger partial charge in [-0.1, -0.05) is 23.7 Å². The van der Waals surface area contributed by atoms with Gasteiger partial charge in [-0.3, -0.25) is 10.1 Å². The molecule has 120 valence electrons. The number of nitrogens with one attached hydrogen (secondary N) is 2. The molecule has 6 heteroatoms.